The van der Waals surface area contributed by atoms with Crippen molar-refractivity contribution >= 4 is 22.6 Å². The van der Waals surface area contributed by atoms with Crippen molar-refractivity contribution in [2.45, 2.75) is 13.8 Å². The second-order valence-electron chi connectivity index (χ2n) is 7.09. The molecule has 33 heavy (non-hydrogen) atoms. The van der Waals surface area contributed by atoms with Gasteiger partial charge < -0.3 is 9.05 Å². The summed E-state index contributed by atoms with van der Waals surface area (Å²) in [6.07, 6.45) is 3.46. The summed E-state index contributed by atoms with van der Waals surface area (Å²) < 4.78 is 11.4. The van der Waals surface area contributed by atoms with Gasteiger partial charge in [0.05, 0.1) is 9.13 Å². The van der Waals surface area contributed by atoms with Crippen LogP contribution in [0.2, 0.25) is 0 Å². The number of hydrogen-bond acceptors (Lipinski definition) is 5. The lowest BCUT2D eigenvalue weighted by Gasteiger charge is -1.95. The number of benzene rings is 2. The van der Waals surface area contributed by atoms with Gasteiger partial charge in [-0.25, -0.2) is 0 Å². The zero-order valence-corrected chi connectivity index (χ0v) is 20.3. The first kappa shape index (κ1) is 22.5. The van der Waals surface area contributed by atoms with E-state index in [1.807, 2.05) is 86.6 Å². The van der Waals surface area contributed by atoms with Gasteiger partial charge in [-0.05, 0) is 48.6 Å². The molecule has 0 aliphatic rings. The maximum atomic E-state index is 5.27. The molecule has 0 radical (unpaired) electrons. The fourth-order valence-electron chi connectivity index (χ4n) is 3.02. The highest BCUT2D eigenvalue weighted by Crippen LogP contribution is 2.26. The Balaban J connectivity index is 0.000000172. The monoisotopic (exact) mass is 545 g/mol. The average Bonchev–Trinajstić information content (AvgIpc) is 3.41. The van der Waals surface area contributed by atoms with Crippen LogP contribution in [0.25, 0.3) is 22.5 Å². The molecule has 0 spiro atoms. The van der Waals surface area contributed by atoms with E-state index >= 15 is 0 Å². The van der Waals surface area contributed by atoms with E-state index in [4.69, 9.17) is 9.05 Å². The number of nitrogens with zero attached hydrogens (tertiary/aromatic N) is 3. The van der Waals surface area contributed by atoms with Crippen LogP contribution in [0.15, 0.2) is 94.2 Å². The van der Waals surface area contributed by atoms with Gasteiger partial charge in [-0.15, -0.1) is 0 Å². The van der Waals surface area contributed by atoms with Gasteiger partial charge in [-0.3, -0.25) is 4.98 Å². The van der Waals surface area contributed by atoms with Crippen LogP contribution in [0, 0.1) is 29.3 Å². The van der Waals surface area contributed by atoms with Crippen LogP contribution in [0.3, 0.4) is 0 Å². The molecule has 0 unspecified atom stereocenters. The molecule has 0 saturated carbocycles. The summed E-state index contributed by atoms with van der Waals surface area (Å²) in [5.74, 6) is 7.81. The van der Waals surface area contributed by atoms with Crippen LogP contribution in [0.5, 0.6) is 0 Å². The number of hydrogen-bond donors (Lipinski definition) is 0. The third kappa shape index (κ3) is 5.57. The molecule has 0 saturated heterocycles. The van der Waals surface area contributed by atoms with Gasteiger partial charge in [-0.2, -0.15) is 0 Å². The van der Waals surface area contributed by atoms with E-state index in [0.717, 1.165) is 48.7 Å². The summed E-state index contributed by atoms with van der Waals surface area (Å²) in [6, 6.07) is 23.7. The lowest BCUT2D eigenvalue weighted by Crippen LogP contribution is -1.83. The van der Waals surface area contributed by atoms with Crippen LogP contribution in [-0.4, -0.2) is 15.3 Å². The lowest BCUT2D eigenvalue weighted by molar-refractivity contribution is 0.398. The second kappa shape index (κ2) is 10.7. The van der Waals surface area contributed by atoms with Crippen molar-refractivity contribution in [3.63, 3.8) is 0 Å². The van der Waals surface area contributed by atoms with Crippen LogP contribution in [-0.2, 0) is 0 Å². The molecular weight excluding hydrogens is 525 g/mol. The second-order valence-corrected chi connectivity index (χ2v) is 8.17. The molecule has 0 bridgehead atoms. The first-order valence-electron chi connectivity index (χ1n) is 10.2. The summed E-state index contributed by atoms with van der Waals surface area (Å²) in [4.78, 5) is 4.05. The molecule has 3 aromatic heterocycles. The van der Waals surface area contributed by atoms with E-state index < -0.39 is 0 Å². The minimum Gasteiger partial charge on any atom is -0.360 e. The maximum absolute atomic E-state index is 5.27. The van der Waals surface area contributed by atoms with Gasteiger partial charge in [-0.1, -0.05) is 82.8 Å². The van der Waals surface area contributed by atoms with Gasteiger partial charge in [0.15, 0.2) is 0 Å². The molecule has 0 N–H and O–H groups in total. The molecule has 0 fully saturated rings. The van der Waals surface area contributed by atoms with Crippen LogP contribution >= 0.6 is 22.6 Å². The zero-order chi connectivity index (χ0) is 23.0. The van der Waals surface area contributed by atoms with E-state index in [2.05, 4.69) is 49.7 Å². The molecule has 0 amide bonds. The molecule has 0 aliphatic carbocycles. The van der Waals surface area contributed by atoms with Crippen LogP contribution < -0.4 is 0 Å². The summed E-state index contributed by atoms with van der Waals surface area (Å²) in [5.41, 5.74) is 5.49. The fraction of sp³-hybridized carbons (Fsp3) is 0.0741. The fourth-order valence-corrected chi connectivity index (χ4v) is 3.53. The van der Waals surface area contributed by atoms with Crippen LogP contribution in [0.1, 0.15) is 22.6 Å². The van der Waals surface area contributed by atoms with Gasteiger partial charge in [0.25, 0.3) is 0 Å². The van der Waals surface area contributed by atoms with E-state index in [1.165, 1.54) is 0 Å². The highest BCUT2D eigenvalue weighted by Gasteiger charge is 2.12. The first-order chi connectivity index (χ1) is 16.1. The van der Waals surface area contributed by atoms with Crippen molar-refractivity contribution in [3.05, 3.63) is 111 Å². The predicted molar refractivity (Wildman–Crippen MR) is 136 cm³/mol. The smallest absolute Gasteiger partial charge is 0.149 e. The standard InChI is InChI=1S/C17H12N2O.C10H8INO/c1-13-16(10-9-14-6-5-11-18-12-14)17(19-20-13)15-7-3-2-4-8-15;1-7-9(11)10(12-13-7)8-5-3-2-4-6-8/h2-8,11-12H,1H3;2-6H,1H3. The highest BCUT2D eigenvalue weighted by atomic mass is 127. The molecule has 5 nitrogen and oxygen atoms in total. The Kier molecular flexibility index (Phi) is 7.33. The van der Waals surface area contributed by atoms with Crippen molar-refractivity contribution in [1.29, 1.82) is 0 Å². The van der Waals surface area contributed by atoms with E-state index in [0.29, 0.717) is 0 Å². The van der Waals surface area contributed by atoms with Crippen molar-refractivity contribution in [1.82, 2.24) is 15.3 Å². The third-order valence-electron chi connectivity index (χ3n) is 4.74. The number of aromatic nitrogens is 3. The molecule has 5 aromatic rings. The zero-order valence-electron chi connectivity index (χ0n) is 18.1. The average molecular weight is 545 g/mol. The Labute approximate surface area is 206 Å². The quantitative estimate of drug-likeness (QED) is 0.183. The lowest BCUT2D eigenvalue weighted by atomic mass is 10.1. The Morgan fingerprint density at radius 1 is 0.697 bits per heavy atom. The van der Waals surface area contributed by atoms with Gasteiger partial charge in [0.1, 0.15) is 22.9 Å². The maximum Gasteiger partial charge on any atom is 0.149 e. The Morgan fingerprint density at radius 2 is 1.30 bits per heavy atom. The Hall–Kier alpha value is -3.70. The normalized spacial score (nSPS) is 10.0. The molecule has 5 rings (SSSR count). The number of pyridine rings is 1. The Morgan fingerprint density at radius 3 is 1.88 bits per heavy atom. The summed E-state index contributed by atoms with van der Waals surface area (Å²) in [5, 5.41) is 8.11. The number of rotatable bonds is 2. The van der Waals surface area contributed by atoms with Crippen molar-refractivity contribution < 1.29 is 9.05 Å². The molecule has 3 heterocycles. The topological polar surface area (TPSA) is 65.0 Å². The molecule has 6 heteroatoms. The van der Waals surface area contributed by atoms with Crippen molar-refractivity contribution in [2.24, 2.45) is 0 Å². The van der Waals surface area contributed by atoms with Crippen molar-refractivity contribution in [3.8, 4) is 34.4 Å². The van der Waals surface area contributed by atoms with Gasteiger partial charge in [0, 0.05) is 29.1 Å². The highest BCUT2D eigenvalue weighted by molar-refractivity contribution is 14.1. The third-order valence-corrected chi connectivity index (χ3v) is 6.01. The minimum absolute atomic E-state index is 0.722. The molecule has 162 valence electrons. The minimum atomic E-state index is 0.722. The number of aryl methyl sites for hydroxylation is 2. The molecule has 0 atom stereocenters. The predicted octanol–water partition coefficient (Wildman–Crippen LogP) is 6.70. The van der Waals surface area contributed by atoms with E-state index in [9.17, 15) is 0 Å². The Bertz CT molecular complexity index is 1380. The summed E-state index contributed by atoms with van der Waals surface area (Å²) in [6.45, 7) is 3.79. The van der Waals surface area contributed by atoms with Crippen LogP contribution in [0.4, 0.5) is 0 Å². The van der Waals surface area contributed by atoms with E-state index in [-0.39, 0.29) is 0 Å². The van der Waals surface area contributed by atoms with E-state index in [1.54, 1.807) is 12.4 Å². The molecular formula is C27H20IN3O2. The number of halogens is 1. The SMILES string of the molecule is Cc1onc(-c2ccccc2)c1C#Cc1cccnc1.Cc1onc(-c2ccccc2)c1I. The van der Waals surface area contributed by atoms with Crippen molar-refractivity contribution in [2.75, 3.05) is 0 Å². The summed E-state index contributed by atoms with van der Waals surface area (Å²) in [7, 11) is 0. The molecule has 2 aromatic carbocycles. The largest absolute Gasteiger partial charge is 0.360 e. The summed E-state index contributed by atoms with van der Waals surface area (Å²) >= 11 is 2.25. The van der Waals surface area contributed by atoms with Gasteiger partial charge in [0.2, 0.25) is 0 Å². The molecule has 0 aliphatic heterocycles. The van der Waals surface area contributed by atoms with Gasteiger partial charge >= 0.3 is 0 Å². The first-order valence-corrected chi connectivity index (χ1v) is 11.3.